The average Bonchev–Trinajstić information content (AvgIpc) is 2.59. The quantitative estimate of drug-likeness (QED) is 0.797. The summed E-state index contributed by atoms with van der Waals surface area (Å²) < 4.78 is 1.68. The highest BCUT2D eigenvalue weighted by molar-refractivity contribution is 6.33. The van der Waals surface area contributed by atoms with Gasteiger partial charge in [0, 0.05) is 18.5 Å². The summed E-state index contributed by atoms with van der Waals surface area (Å²) in [7, 11) is 0. The molecule has 0 amide bonds. The normalized spacial score (nSPS) is 13.1. The predicted molar refractivity (Wildman–Crippen MR) is 69.5 cm³/mol. The molecule has 1 heterocycles. The van der Waals surface area contributed by atoms with E-state index in [1.165, 1.54) is 6.20 Å². The number of Topliss-reactive ketones (excluding diaryl/α,β-unsaturated/α-hetero) is 1. The molecule has 96 valence electrons. The van der Waals surface area contributed by atoms with E-state index in [-0.39, 0.29) is 17.9 Å². The summed E-state index contributed by atoms with van der Waals surface area (Å²) >= 11 is 6.00. The Labute approximate surface area is 107 Å². The second kappa shape index (κ2) is 6.17. The van der Waals surface area contributed by atoms with Crippen molar-refractivity contribution in [2.75, 3.05) is 0 Å². The third-order valence-corrected chi connectivity index (χ3v) is 2.84. The molecular weight excluding hydrogens is 238 g/mol. The minimum atomic E-state index is 0.0434. The summed E-state index contributed by atoms with van der Waals surface area (Å²) in [6, 6.07) is 0.267. The fraction of sp³-hybridized carbons (Fsp3) is 0.667. The number of rotatable bonds is 6. The minimum absolute atomic E-state index is 0.0434. The highest BCUT2D eigenvalue weighted by Gasteiger charge is 2.18. The maximum atomic E-state index is 12.0. The van der Waals surface area contributed by atoms with Gasteiger partial charge in [-0.25, -0.2) is 0 Å². The van der Waals surface area contributed by atoms with Crippen LogP contribution in [0.2, 0.25) is 5.02 Å². The van der Waals surface area contributed by atoms with E-state index in [9.17, 15) is 4.79 Å². The molecule has 0 spiro atoms. The lowest BCUT2D eigenvalue weighted by molar-refractivity contribution is 0.0967. The molecule has 0 aromatic carbocycles. The standard InChI is InChI=1S/C12H20ClN3O/c1-8(2)16-12(10(13)7-15-16)11(17)6-4-5-9(3)14/h7-9H,4-6,14H2,1-3H3. The first-order chi connectivity index (χ1) is 7.93. The van der Waals surface area contributed by atoms with Crippen LogP contribution in [0.15, 0.2) is 6.20 Å². The molecule has 1 aromatic rings. The zero-order valence-electron chi connectivity index (χ0n) is 10.6. The summed E-state index contributed by atoms with van der Waals surface area (Å²) in [5.74, 6) is 0.0434. The Morgan fingerprint density at radius 1 is 1.53 bits per heavy atom. The van der Waals surface area contributed by atoms with Gasteiger partial charge in [0.25, 0.3) is 0 Å². The van der Waals surface area contributed by atoms with E-state index in [1.807, 2.05) is 20.8 Å². The molecule has 0 aliphatic rings. The summed E-state index contributed by atoms with van der Waals surface area (Å²) in [5, 5.41) is 4.55. The third-order valence-electron chi connectivity index (χ3n) is 2.57. The SMILES string of the molecule is CC(N)CCCC(=O)c1c(Cl)cnn1C(C)C. The van der Waals surface area contributed by atoms with Crippen molar-refractivity contribution in [3.8, 4) is 0 Å². The van der Waals surface area contributed by atoms with E-state index >= 15 is 0 Å². The third kappa shape index (κ3) is 3.82. The second-order valence-corrected chi connectivity index (χ2v) is 5.08. The Hall–Kier alpha value is -0.870. The molecule has 1 unspecified atom stereocenters. The Morgan fingerprint density at radius 3 is 2.71 bits per heavy atom. The Morgan fingerprint density at radius 2 is 2.18 bits per heavy atom. The summed E-state index contributed by atoms with van der Waals surface area (Å²) in [4.78, 5) is 12.0. The number of nitrogens with zero attached hydrogens (tertiary/aromatic N) is 2. The van der Waals surface area contributed by atoms with E-state index in [0.717, 1.165) is 12.8 Å². The molecule has 0 aliphatic heterocycles. The largest absolute Gasteiger partial charge is 0.328 e. The average molecular weight is 258 g/mol. The van der Waals surface area contributed by atoms with Gasteiger partial charge in [-0.1, -0.05) is 11.6 Å². The number of carbonyl (C=O) groups excluding carboxylic acids is 1. The molecule has 0 saturated heterocycles. The van der Waals surface area contributed by atoms with Crippen molar-refractivity contribution in [3.05, 3.63) is 16.9 Å². The summed E-state index contributed by atoms with van der Waals surface area (Å²) in [6.45, 7) is 5.89. The maximum Gasteiger partial charge on any atom is 0.182 e. The Kier molecular flexibility index (Phi) is 5.15. The molecule has 0 radical (unpaired) electrons. The van der Waals surface area contributed by atoms with Gasteiger partial charge in [0.2, 0.25) is 0 Å². The highest BCUT2D eigenvalue weighted by Crippen LogP contribution is 2.21. The number of carbonyl (C=O) groups is 1. The number of hydrogen-bond donors (Lipinski definition) is 1. The van der Waals surface area contributed by atoms with Crippen molar-refractivity contribution in [2.24, 2.45) is 5.73 Å². The van der Waals surface area contributed by atoms with E-state index < -0.39 is 0 Å². The molecule has 0 bridgehead atoms. The number of halogens is 1. The van der Waals surface area contributed by atoms with E-state index in [4.69, 9.17) is 17.3 Å². The van der Waals surface area contributed by atoms with Gasteiger partial charge in [-0.15, -0.1) is 0 Å². The number of hydrogen-bond acceptors (Lipinski definition) is 3. The van der Waals surface area contributed by atoms with Crippen molar-refractivity contribution in [3.63, 3.8) is 0 Å². The van der Waals surface area contributed by atoms with Crippen LogP contribution in [0.4, 0.5) is 0 Å². The lowest BCUT2D eigenvalue weighted by atomic mass is 10.1. The Bertz CT molecular complexity index is 385. The highest BCUT2D eigenvalue weighted by atomic mass is 35.5. The van der Waals surface area contributed by atoms with Gasteiger partial charge < -0.3 is 5.73 Å². The van der Waals surface area contributed by atoms with E-state index in [0.29, 0.717) is 17.1 Å². The van der Waals surface area contributed by atoms with Crippen LogP contribution in [0.25, 0.3) is 0 Å². The van der Waals surface area contributed by atoms with Crippen LogP contribution < -0.4 is 5.73 Å². The van der Waals surface area contributed by atoms with Crippen molar-refractivity contribution in [1.29, 1.82) is 0 Å². The number of ketones is 1. The van der Waals surface area contributed by atoms with Crippen LogP contribution in [-0.4, -0.2) is 21.6 Å². The first-order valence-electron chi connectivity index (χ1n) is 5.95. The molecule has 5 heteroatoms. The molecular formula is C12H20ClN3O. The van der Waals surface area contributed by atoms with Gasteiger partial charge in [-0.05, 0) is 33.6 Å². The van der Waals surface area contributed by atoms with E-state index in [2.05, 4.69) is 5.10 Å². The van der Waals surface area contributed by atoms with Crippen LogP contribution >= 0.6 is 11.6 Å². The number of aromatic nitrogens is 2. The first kappa shape index (κ1) is 14.2. The van der Waals surface area contributed by atoms with E-state index in [1.54, 1.807) is 4.68 Å². The zero-order valence-corrected chi connectivity index (χ0v) is 11.4. The monoisotopic (exact) mass is 257 g/mol. The van der Waals surface area contributed by atoms with Gasteiger partial charge in [0.15, 0.2) is 5.78 Å². The Balaban J connectivity index is 2.71. The number of nitrogens with two attached hydrogens (primary N) is 1. The van der Waals surface area contributed by atoms with Crippen LogP contribution in [-0.2, 0) is 0 Å². The van der Waals surface area contributed by atoms with Gasteiger partial charge in [0.1, 0.15) is 5.69 Å². The van der Waals surface area contributed by atoms with Crippen LogP contribution in [0.1, 0.15) is 56.6 Å². The molecule has 17 heavy (non-hydrogen) atoms. The second-order valence-electron chi connectivity index (χ2n) is 4.67. The van der Waals surface area contributed by atoms with Crippen LogP contribution in [0, 0.1) is 0 Å². The lowest BCUT2D eigenvalue weighted by Gasteiger charge is -2.10. The van der Waals surface area contributed by atoms with Crippen LogP contribution in [0.3, 0.4) is 0 Å². The van der Waals surface area contributed by atoms with Gasteiger partial charge in [0.05, 0.1) is 11.2 Å². The van der Waals surface area contributed by atoms with Gasteiger partial charge in [-0.3, -0.25) is 9.48 Å². The van der Waals surface area contributed by atoms with Crippen molar-refractivity contribution in [2.45, 2.75) is 52.1 Å². The van der Waals surface area contributed by atoms with Gasteiger partial charge in [-0.2, -0.15) is 5.10 Å². The topological polar surface area (TPSA) is 60.9 Å². The van der Waals surface area contributed by atoms with Crippen molar-refractivity contribution in [1.82, 2.24) is 9.78 Å². The summed E-state index contributed by atoms with van der Waals surface area (Å²) in [6.07, 6.45) is 3.63. The van der Waals surface area contributed by atoms with Crippen LogP contribution in [0.5, 0.6) is 0 Å². The van der Waals surface area contributed by atoms with Crippen molar-refractivity contribution >= 4 is 17.4 Å². The molecule has 1 aromatic heterocycles. The molecule has 1 atom stereocenters. The lowest BCUT2D eigenvalue weighted by Crippen LogP contribution is -2.16. The smallest absolute Gasteiger partial charge is 0.182 e. The van der Waals surface area contributed by atoms with Crippen molar-refractivity contribution < 1.29 is 4.79 Å². The predicted octanol–water partition coefficient (Wildman–Crippen LogP) is 2.82. The molecule has 4 nitrogen and oxygen atoms in total. The minimum Gasteiger partial charge on any atom is -0.328 e. The first-order valence-corrected chi connectivity index (χ1v) is 6.33. The van der Waals surface area contributed by atoms with Gasteiger partial charge >= 0.3 is 0 Å². The maximum absolute atomic E-state index is 12.0. The zero-order chi connectivity index (χ0) is 13.0. The molecule has 2 N–H and O–H groups in total. The molecule has 0 saturated carbocycles. The fourth-order valence-electron chi connectivity index (χ4n) is 1.70. The molecule has 0 aliphatic carbocycles. The molecule has 0 fully saturated rings. The fourth-order valence-corrected chi connectivity index (χ4v) is 1.93. The molecule has 1 rings (SSSR count). The summed E-state index contributed by atoms with van der Waals surface area (Å²) in [5.41, 5.74) is 6.17.